The smallest absolute Gasteiger partial charge is 0.0461 e. The first-order chi connectivity index (χ1) is 6.86. The fourth-order valence-corrected chi connectivity index (χ4v) is 2.32. The highest BCUT2D eigenvalue weighted by Crippen LogP contribution is 2.34. The van der Waals surface area contributed by atoms with Crippen molar-refractivity contribution < 1.29 is 0 Å². The predicted molar refractivity (Wildman–Crippen MR) is 58.7 cm³/mol. The van der Waals surface area contributed by atoms with E-state index in [1.807, 2.05) is 18.3 Å². The number of benzene rings is 1. The molecule has 72 valence electrons. The summed E-state index contributed by atoms with van der Waals surface area (Å²) in [6, 6.07) is 6.54. The van der Waals surface area contributed by atoms with Crippen molar-refractivity contribution in [3.05, 3.63) is 35.0 Å². The summed E-state index contributed by atoms with van der Waals surface area (Å²) >= 11 is 6.21. The van der Waals surface area contributed by atoms with E-state index in [-0.39, 0.29) is 0 Å². The molecule has 1 atom stereocenters. The van der Waals surface area contributed by atoms with Crippen LogP contribution in [0.15, 0.2) is 24.4 Å². The molecule has 1 aliphatic heterocycles. The van der Waals surface area contributed by atoms with Gasteiger partial charge in [-0.05, 0) is 36.7 Å². The van der Waals surface area contributed by atoms with Crippen molar-refractivity contribution in [3.8, 4) is 0 Å². The summed E-state index contributed by atoms with van der Waals surface area (Å²) in [5.74, 6) is 0. The van der Waals surface area contributed by atoms with Crippen molar-refractivity contribution in [2.24, 2.45) is 0 Å². The van der Waals surface area contributed by atoms with Gasteiger partial charge < -0.3 is 10.3 Å². The third kappa shape index (κ3) is 1.08. The van der Waals surface area contributed by atoms with Crippen LogP contribution in [-0.2, 0) is 0 Å². The first-order valence-electron chi connectivity index (χ1n) is 4.85. The molecule has 2 nitrogen and oxygen atoms in total. The maximum absolute atomic E-state index is 6.21. The number of fused-ring (bicyclic) bond motifs is 1. The van der Waals surface area contributed by atoms with E-state index < -0.39 is 0 Å². The molecule has 2 heterocycles. The molecular weight excluding hydrogens is 196 g/mol. The van der Waals surface area contributed by atoms with Crippen molar-refractivity contribution >= 4 is 22.5 Å². The number of H-pyrrole nitrogens is 1. The molecule has 0 bridgehead atoms. The van der Waals surface area contributed by atoms with E-state index in [4.69, 9.17) is 11.6 Å². The highest BCUT2D eigenvalue weighted by molar-refractivity contribution is 6.32. The fraction of sp³-hybridized carbons (Fsp3) is 0.273. The second kappa shape index (κ2) is 3.01. The second-order valence-electron chi connectivity index (χ2n) is 3.70. The average molecular weight is 207 g/mol. The summed E-state index contributed by atoms with van der Waals surface area (Å²) in [6.45, 7) is 1.10. The lowest BCUT2D eigenvalue weighted by Gasteiger charge is -2.29. The Kier molecular flexibility index (Phi) is 1.79. The predicted octanol–water partition coefficient (Wildman–Crippen LogP) is 2.86. The van der Waals surface area contributed by atoms with E-state index >= 15 is 0 Å². The van der Waals surface area contributed by atoms with Crippen LogP contribution in [0, 0.1) is 0 Å². The van der Waals surface area contributed by atoms with Gasteiger partial charge in [0.05, 0.1) is 0 Å². The summed E-state index contributed by atoms with van der Waals surface area (Å²) in [6.07, 6.45) is 3.15. The standard InChI is InChI=1S/C11H11ClN2/c12-8-1-2-9-7(3-5-13-9)11(8)10-4-6-14-10/h1-3,5,10,13-14H,4,6H2/t10-/m0/s1. The second-order valence-corrected chi connectivity index (χ2v) is 4.10. The van der Waals surface area contributed by atoms with Gasteiger partial charge in [-0.1, -0.05) is 11.6 Å². The van der Waals surface area contributed by atoms with Crippen LogP contribution in [-0.4, -0.2) is 11.5 Å². The lowest BCUT2D eigenvalue weighted by molar-refractivity contribution is 0.386. The monoisotopic (exact) mass is 206 g/mol. The Morgan fingerprint density at radius 3 is 2.86 bits per heavy atom. The average Bonchev–Trinajstić information content (AvgIpc) is 2.54. The molecule has 0 unspecified atom stereocenters. The minimum absolute atomic E-state index is 0.446. The Bertz CT molecular complexity index is 471. The van der Waals surface area contributed by atoms with Gasteiger partial charge in [0.2, 0.25) is 0 Å². The van der Waals surface area contributed by atoms with Crippen LogP contribution in [0.5, 0.6) is 0 Å². The van der Waals surface area contributed by atoms with Gasteiger partial charge in [0.25, 0.3) is 0 Å². The van der Waals surface area contributed by atoms with Crippen LogP contribution in [0.3, 0.4) is 0 Å². The molecule has 1 aliphatic rings. The molecule has 1 fully saturated rings. The van der Waals surface area contributed by atoms with Crippen LogP contribution >= 0.6 is 11.6 Å². The molecule has 14 heavy (non-hydrogen) atoms. The lowest BCUT2D eigenvalue weighted by atomic mass is 9.95. The first-order valence-corrected chi connectivity index (χ1v) is 5.23. The highest BCUT2D eigenvalue weighted by Gasteiger charge is 2.23. The third-order valence-corrected chi connectivity index (χ3v) is 3.22. The molecule has 1 aromatic carbocycles. The zero-order valence-electron chi connectivity index (χ0n) is 7.68. The maximum atomic E-state index is 6.21. The number of aromatic amines is 1. The molecule has 3 heteroatoms. The molecular formula is C11H11ClN2. The molecule has 1 aromatic heterocycles. The van der Waals surface area contributed by atoms with Crippen molar-refractivity contribution in [1.82, 2.24) is 10.3 Å². The number of hydrogen-bond donors (Lipinski definition) is 2. The number of halogens is 1. The van der Waals surface area contributed by atoms with E-state index in [1.54, 1.807) is 0 Å². The normalized spacial score (nSPS) is 21.1. The fourth-order valence-electron chi connectivity index (χ4n) is 2.02. The molecule has 0 amide bonds. The van der Waals surface area contributed by atoms with Gasteiger partial charge >= 0.3 is 0 Å². The van der Waals surface area contributed by atoms with Crippen molar-refractivity contribution in [3.63, 3.8) is 0 Å². The van der Waals surface area contributed by atoms with E-state index in [1.165, 1.54) is 17.4 Å². The van der Waals surface area contributed by atoms with E-state index in [0.29, 0.717) is 6.04 Å². The molecule has 0 radical (unpaired) electrons. The van der Waals surface area contributed by atoms with Crippen LogP contribution in [0.4, 0.5) is 0 Å². The minimum atomic E-state index is 0.446. The van der Waals surface area contributed by atoms with Gasteiger partial charge in [-0.15, -0.1) is 0 Å². The number of hydrogen-bond acceptors (Lipinski definition) is 1. The Morgan fingerprint density at radius 2 is 2.14 bits per heavy atom. The van der Waals surface area contributed by atoms with Crippen molar-refractivity contribution in [2.75, 3.05) is 6.54 Å². The van der Waals surface area contributed by atoms with Crippen LogP contribution in [0.2, 0.25) is 5.02 Å². The van der Waals surface area contributed by atoms with Crippen LogP contribution in [0.25, 0.3) is 10.9 Å². The number of aromatic nitrogens is 1. The molecule has 0 saturated carbocycles. The van der Waals surface area contributed by atoms with Crippen molar-refractivity contribution in [2.45, 2.75) is 12.5 Å². The largest absolute Gasteiger partial charge is 0.361 e. The minimum Gasteiger partial charge on any atom is -0.361 e. The van der Waals surface area contributed by atoms with Gasteiger partial charge in [-0.25, -0.2) is 0 Å². The SMILES string of the molecule is Clc1ccc2[nH]ccc2c1[C@@H]1CCN1. The molecule has 0 aliphatic carbocycles. The summed E-state index contributed by atoms with van der Waals surface area (Å²) in [5, 5.41) is 5.50. The molecule has 2 N–H and O–H groups in total. The zero-order chi connectivity index (χ0) is 9.54. The summed E-state index contributed by atoms with van der Waals surface area (Å²) in [7, 11) is 0. The topological polar surface area (TPSA) is 27.8 Å². The number of rotatable bonds is 1. The lowest BCUT2D eigenvalue weighted by Crippen LogP contribution is -2.35. The van der Waals surface area contributed by atoms with Gasteiger partial charge in [0.15, 0.2) is 0 Å². The van der Waals surface area contributed by atoms with Crippen molar-refractivity contribution in [1.29, 1.82) is 0 Å². The molecule has 2 aromatic rings. The van der Waals surface area contributed by atoms with E-state index in [9.17, 15) is 0 Å². The number of nitrogens with one attached hydrogen (secondary N) is 2. The maximum Gasteiger partial charge on any atom is 0.0461 e. The van der Waals surface area contributed by atoms with Gasteiger partial charge in [-0.3, -0.25) is 0 Å². The van der Waals surface area contributed by atoms with E-state index in [0.717, 1.165) is 17.1 Å². The van der Waals surface area contributed by atoms with Gasteiger partial charge in [0, 0.05) is 28.2 Å². The highest BCUT2D eigenvalue weighted by atomic mass is 35.5. The zero-order valence-corrected chi connectivity index (χ0v) is 8.43. The Morgan fingerprint density at radius 1 is 1.29 bits per heavy atom. The van der Waals surface area contributed by atoms with Gasteiger partial charge in [0.1, 0.15) is 0 Å². The van der Waals surface area contributed by atoms with Crippen LogP contribution in [0.1, 0.15) is 18.0 Å². The van der Waals surface area contributed by atoms with E-state index in [2.05, 4.69) is 16.4 Å². The van der Waals surface area contributed by atoms with Gasteiger partial charge in [-0.2, -0.15) is 0 Å². The molecule has 0 spiro atoms. The summed E-state index contributed by atoms with van der Waals surface area (Å²) < 4.78 is 0. The Hall–Kier alpha value is -0.990. The Labute approximate surface area is 87.3 Å². The third-order valence-electron chi connectivity index (χ3n) is 2.90. The summed E-state index contributed by atoms with van der Waals surface area (Å²) in [4.78, 5) is 3.20. The van der Waals surface area contributed by atoms with Crippen LogP contribution < -0.4 is 5.32 Å². The Balaban J connectivity index is 2.26. The molecule has 1 saturated heterocycles. The summed E-state index contributed by atoms with van der Waals surface area (Å²) in [5.41, 5.74) is 2.41. The first kappa shape index (κ1) is 8.33. The quantitative estimate of drug-likeness (QED) is 0.738. The molecule has 3 rings (SSSR count).